The number of benzene rings is 1. The van der Waals surface area contributed by atoms with E-state index in [1.54, 1.807) is 22.0 Å². The maximum Gasteiger partial charge on any atom is 0.416 e. The van der Waals surface area contributed by atoms with Crippen LogP contribution in [-0.4, -0.2) is 9.55 Å². The van der Waals surface area contributed by atoms with E-state index in [1.165, 1.54) is 28.8 Å². The van der Waals surface area contributed by atoms with Gasteiger partial charge < -0.3 is 0 Å². The first-order chi connectivity index (χ1) is 14.7. The van der Waals surface area contributed by atoms with E-state index in [2.05, 4.69) is 13.8 Å². The van der Waals surface area contributed by atoms with Crippen molar-refractivity contribution in [1.29, 1.82) is 0 Å². The van der Waals surface area contributed by atoms with Crippen LogP contribution in [0.5, 0.6) is 0 Å². The Morgan fingerprint density at radius 2 is 2.00 bits per heavy atom. The second-order valence-electron chi connectivity index (χ2n) is 8.41. The number of aryl methyl sites for hydroxylation is 2. The van der Waals surface area contributed by atoms with Crippen LogP contribution in [0.1, 0.15) is 54.7 Å². The van der Waals surface area contributed by atoms with Gasteiger partial charge in [-0.3, -0.25) is 9.36 Å². The topological polar surface area (TPSA) is 34.9 Å². The first-order valence-corrected chi connectivity index (χ1v) is 12.4. The summed E-state index contributed by atoms with van der Waals surface area (Å²) in [5.41, 5.74) is 1.07. The molecule has 0 unspecified atom stereocenters. The van der Waals surface area contributed by atoms with Gasteiger partial charge in [0.15, 0.2) is 5.16 Å². The molecular formula is C23H25F3N2OS2. The first kappa shape index (κ1) is 22.4. The number of halogens is 3. The molecule has 4 rings (SSSR count). The molecule has 0 N–H and O–H groups in total. The van der Waals surface area contributed by atoms with Crippen LogP contribution < -0.4 is 5.56 Å². The van der Waals surface area contributed by atoms with Crippen LogP contribution in [0.4, 0.5) is 13.2 Å². The second kappa shape index (κ2) is 8.98. The first-order valence-electron chi connectivity index (χ1n) is 10.6. The van der Waals surface area contributed by atoms with Crippen molar-refractivity contribution in [2.75, 3.05) is 0 Å². The molecule has 166 valence electrons. The van der Waals surface area contributed by atoms with E-state index in [4.69, 9.17) is 4.98 Å². The molecule has 0 amide bonds. The Bertz CT molecular complexity index is 1150. The van der Waals surface area contributed by atoms with E-state index in [1.807, 2.05) is 0 Å². The third kappa shape index (κ3) is 4.85. The third-order valence-electron chi connectivity index (χ3n) is 5.59. The van der Waals surface area contributed by atoms with Gasteiger partial charge in [0.25, 0.3) is 5.56 Å². The molecule has 2 aromatic heterocycles. The lowest BCUT2D eigenvalue weighted by molar-refractivity contribution is -0.137. The van der Waals surface area contributed by atoms with Crippen molar-refractivity contribution < 1.29 is 13.2 Å². The number of hydrogen-bond donors (Lipinski definition) is 0. The molecule has 0 fully saturated rings. The minimum absolute atomic E-state index is 0.00316. The monoisotopic (exact) mass is 466 g/mol. The van der Waals surface area contributed by atoms with Gasteiger partial charge >= 0.3 is 6.18 Å². The molecule has 0 radical (unpaired) electrons. The fraction of sp³-hybridized carbons (Fsp3) is 0.478. The van der Waals surface area contributed by atoms with E-state index in [-0.39, 0.29) is 5.56 Å². The molecule has 0 aliphatic heterocycles. The summed E-state index contributed by atoms with van der Waals surface area (Å²) in [5, 5.41) is 1.35. The van der Waals surface area contributed by atoms with Gasteiger partial charge in [-0.25, -0.2) is 4.98 Å². The van der Waals surface area contributed by atoms with Crippen LogP contribution in [0.25, 0.3) is 10.2 Å². The van der Waals surface area contributed by atoms with Gasteiger partial charge in [0.05, 0.1) is 10.9 Å². The average Bonchev–Trinajstić information content (AvgIpc) is 3.09. The van der Waals surface area contributed by atoms with E-state index in [9.17, 15) is 18.0 Å². The van der Waals surface area contributed by atoms with Gasteiger partial charge in [-0.1, -0.05) is 43.8 Å². The standard InChI is InChI=1S/C23H25F3N2OS2/c1-14(2)10-11-28-21(29)19-17-8-3-4-9-18(17)31-20(19)27-22(28)30-13-15-6-5-7-16(12-15)23(24,25)26/h5-7,12,14H,3-4,8-11,13H2,1-2H3. The number of thiophene rings is 1. The van der Waals surface area contributed by atoms with Gasteiger partial charge in [-0.2, -0.15) is 13.2 Å². The molecular weight excluding hydrogens is 441 g/mol. The van der Waals surface area contributed by atoms with Gasteiger partial charge in [-0.05, 0) is 55.2 Å². The molecule has 0 atom stereocenters. The summed E-state index contributed by atoms with van der Waals surface area (Å²) in [7, 11) is 0. The summed E-state index contributed by atoms with van der Waals surface area (Å²) in [6.07, 6.45) is 0.625. The quantitative estimate of drug-likeness (QED) is 0.300. The molecule has 3 aromatic rings. The number of aromatic nitrogens is 2. The predicted octanol–water partition coefficient (Wildman–Crippen LogP) is 6.69. The molecule has 2 heterocycles. The minimum Gasteiger partial charge on any atom is -0.287 e. The Hall–Kier alpha value is -1.80. The summed E-state index contributed by atoms with van der Waals surface area (Å²) in [4.78, 5) is 20.3. The fourth-order valence-electron chi connectivity index (χ4n) is 3.90. The number of rotatable bonds is 6. The van der Waals surface area contributed by atoms with E-state index in [0.29, 0.717) is 28.9 Å². The lowest BCUT2D eigenvalue weighted by Crippen LogP contribution is -2.24. The van der Waals surface area contributed by atoms with Crippen LogP contribution in [0.2, 0.25) is 0 Å². The van der Waals surface area contributed by atoms with Crippen molar-refractivity contribution in [3.05, 3.63) is 56.2 Å². The molecule has 1 aromatic carbocycles. The number of fused-ring (bicyclic) bond motifs is 3. The van der Waals surface area contributed by atoms with E-state index >= 15 is 0 Å². The van der Waals surface area contributed by atoms with E-state index in [0.717, 1.165) is 54.0 Å². The summed E-state index contributed by atoms with van der Waals surface area (Å²) < 4.78 is 40.9. The van der Waals surface area contributed by atoms with E-state index < -0.39 is 11.7 Å². The highest BCUT2D eigenvalue weighted by molar-refractivity contribution is 7.98. The Morgan fingerprint density at radius 3 is 2.74 bits per heavy atom. The van der Waals surface area contributed by atoms with Crippen LogP contribution in [0, 0.1) is 5.92 Å². The van der Waals surface area contributed by atoms with Crippen molar-refractivity contribution in [2.24, 2.45) is 5.92 Å². The number of alkyl halides is 3. The molecule has 0 saturated carbocycles. The Balaban J connectivity index is 1.70. The molecule has 3 nitrogen and oxygen atoms in total. The highest BCUT2D eigenvalue weighted by Crippen LogP contribution is 2.35. The fourth-order valence-corrected chi connectivity index (χ4v) is 6.17. The zero-order chi connectivity index (χ0) is 22.2. The van der Waals surface area contributed by atoms with Gasteiger partial charge in [-0.15, -0.1) is 11.3 Å². The van der Waals surface area contributed by atoms with Crippen molar-refractivity contribution in [3.63, 3.8) is 0 Å². The zero-order valence-corrected chi connectivity index (χ0v) is 19.2. The van der Waals surface area contributed by atoms with Crippen molar-refractivity contribution in [1.82, 2.24) is 9.55 Å². The van der Waals surface area contributed by atoms with Gasteiger partial charge in [0.2, 0.25) is 0 Å². The summed E-state index contributed by atoms with van der Waals surface area (Å²) in [6.45, 7) is 4.78. The SMILES string of the molecule is CC(C)CCn1c(SCc2cccc(C(F)(F)F)c2)nc2sc3c(c2c1=O)CCCC3. The smallest absolute Gasteiger partial charge is 0.287 e. The number of hydrogen-bond acceptors (Lipinski definition) is 4. The van der Waals surface area contributed by atoms with Crippen molar-refractivity contribution in [3.8, 4) is 0 Å². The average molecular weight is 467 g/mol. The van der Waals surface area contributed by atoms with Crippen LogP contribution in [0.15, 0.2) is 34.2 Å². The highest BCUT2D eigenvalue weighted by atomic mass is 32.2. The maximum absolute atomic E-state index is 13.5. The van der Waals surface area contributed by atoms with Gasteiger partial charge in [0, 0.05) is 17.2 Å². The third-order valence-corrected chi connectivity index (χ3v) is 7.83. The molecule has 0 saturated heterocycles. The summed E-state index contributed by atoms with van der Waals surface area (Å²) in [6, 6.07) is 5.36. The number of nitrogens with zero attached hydrogens (tertiary/aromatic N) is 2. The second-order valence-corrected chi connectivity index (χ2v) is 10.4. The molecule has 1 aliphatic carbocycles. The maximum atomic E-state index is 13.5. The Labute approximate surface area is 187 Å². The van der Waals surface area contributed by atoms with Crippen molar-refractivity contribution >= 4 is 33.3 Å². The summed E-state index contributed by atoms with van der Waals surface area (Å²) >= 11 is 2.94. The zero-order valence-electron chi connectivity index (χ0n) is 17.6. The predicted molar refractivity (Wildman–Crippen MR) is 121 cm³/mol. The molecule has 0 spiro atoms. The molecule has 0 bridgehead atoms. The lowest BCUT2D eigenvalue weighted by atomic mass is 9.97. The molecule has 1 aliphatic rings. The Morgan fingerprint density at radius 1 is 1.23 bits per heavy atom. The largest absolute Gasteiger partial charge is 0.416 e. The minimum atomic E-state index is -4.37. The van der Waals surface area contributed by atoms with Gasteiger partial charge in [0.1, 0.15) is 4.83 Å². The highest BCUT2D eigenvalue weighted by Gasteiger charge is 2.30. The Kier molecular flexibility index (Phi) is 6.49. The van der Waals surface area contributed by atoms with Crippen LogP contribution >= 0.6 is 23.1 Å². The van der Waals surface area contributed by atoms with Crippen molar-refractivity contribution in [2.45, 2.75) is 69.6 Å². The molecule has 8 heteroatoms. The van der Waals surface area contributed by atoms with Crippen LogP contribution in [0.3, 0.4) is 0 Å². The lowest BCUT2D eigenvalue weighted by Gasteiger charge is -2.15. The number of thioether (sulfide) groups is 1. The normalized spacial score (nSPS) is 14.4. The summed E-state index contributed by atoms with van der Waals surface area (Å²) in [5.74, 6) is 0.759. The molecule has 31 heavy (non-hydrogen) atoms. The van der Waals surface area contributed by atoms with Crippen LogP contribution in [-0.2, 0) is 31.3 Å².